The van der Waals surface area contributed by atoms with Crippen LogP contribution in [0, 0.1) is 6.92 Å². The number of rotatable bonds is 3. The zero-order valence-electron chi connectivity index (χ0n) is 16.1. The lowest BCUT2D eigenvalue weighted by atomic mass is 10.0. The summed E-state index contributed by atoms with van der Waals surface area (Å²) in [7, 11) is 0. The molecule has 4 heterocycles. The second kappa shape index (κ2) is 6.84. The molecule has 2 saturated heterocycles. The number of amides is 2. The van der Waals surface area contributed by atoms with Crippen LogP contribution in [-0.4, -0.2) is 70.5 Å². The van der Waals surface area contributed by atoms with E-state index in [1.54, 1.807) is 0 Å². The fourth-order valence-electron chi connectivity index (χ4n) is 4.44. The third kappa shape index (κ3) is 3.05. The third-order valence-corrected chi connectivity index (χ3v) is 6.11. The number of likely N-dealkylation sites (tertiary alicyclic amines) is 1. The van der Waals surface area contributed by atoms with Crippen LogP contribution in [0.4, 0.5) is 0 Å². The number of hydrogen-bond acceptors (Lipinski definition) is 6. The molecular weight excluding hydrogens is 358 g/mol. The number of carbonyl (C=O) groups excluding carboxylic acids is 2. The number of carbonyl (C=O) groups is 2. The SMILES string of the molecule is Cc1noc2nc(C3CC3)cc(C(=O)N3CCCC(N4CCNCC4=O)C3)c12. The molecule has 8 heteroatoms. The first-order chi connectivity index (χ1) is 13.6. The van der Waals surface area contributed by atoms with Crippen LogP contribution in [0.25, 0.3) is 11.1 Å². The average Bonchev–Trinajstić information content (AvgIpc) is 3.51. The number of aromatic nitrogens is 2. The molecule has 0 bridgehead atoms. The summed E-state index contributed by atoms with van der Waals surface area (Å²) < 4.78 is 5.38. The smallest absolute Gasteiger partial charge is 0.259 e. The molecule has 2 aromatic heterocycles. The fraction of sp³-hybridized carbons (Fsp3) is 0.600. The van der Waals surface area contributed by atoms with Crippen LogP contribution in [0.2, 0.25) is 0 Å². The summed E-state index contributed by atoms with van der Waals surface area (Å²) in [5.41, 5.74) is 2.71. The quantitative estimate of drug-likeness (QED) is 0.863. The highest BCUT2D eigenvalue weighted by Gasteiger charge is 2.34. The van der Waals surface area contributed by atoms with Crippen molar-refractivity contribution >= 4 is 22.9 Å². The molecule has 1 N–H and O–H groups in total. The van der Waals surface area contributed by atoms with Crippen LogP contribution in [-0.2, 0) is 4.79 Å². The van der Waals surface area contributed by atoms with Gasteiger partial charge in [-0.3, -0.25) is 9.59 Å². The van der Waals surface area contributed by atoms with Gasteiger partial charge in [0.05, 0.1) is 23.2 Å². The van der Waals surface area contributed by atoms with E-state index in [1.165, 1.54) is 0 Å². The Labute approximate surface area is 163 Å². The number of nitrogens with one attached hydrogen (secondary N) is 1. The van der Waals surface area contributed by atoms with Crippen LogP contribution in [0.1, 0.15) is 53.3 Å². The van der Waals surface area contributed by atoms with Crippen molar-refractivity contribution in [2.24, 2.45) is 0 Å². The van der Waals surface area contributed by atoms with Crippen LogP contribution in [0.3, 0.4) is 0 Å². The number of nitrogens with zero attached hydrogens (tertiary/aromatic N) is 4. The second-order valence-electron chi connectivity index (χ2n) is 8.13. The molecule has 148 valence electrons. The summed E-state index contributed by atoms with van der Waals surface area (Å²) in [6.07, 6.45) is 4.06. The van der Waals surface area contributed by atoms with Crippen molar-refractivity contribution in [1.29, 1.82) is 0 Å². The van der Waals surface area contributed by atoms with Crippen molar-refractivity contribution < 1.29 is 14.1 Å². The summed E-state index contributed by atoms with van der Waals surface area (Å²) in [6.45, 7) is 5.05. The first-order valence-electron chi connectivity index (χ1n) is 10.2. The number of aryl methyl sites for hydroxylation is 1. The molecule has 0 aromatic carbocycles. The molecule has 2 amide bonds. The predicted octanol–water partition coefficient (Wildman–Crippen LogP) is 1.45. The van der Waals surface area contributed by atoms with Gasteiger partial charge in [0.15, 0.2) is 0 Å². The molecule has 1 aliphatic carbocycles. The van der Waals surface area contributed by atoms with Gasteiger partial charge in [0, 0.05) is 43.8 Å². The average molecular weight is 383 g/mol. The van der Waals surface area contributed by atoms with Gasteiger partial charge < -0.3 is 19.6 Å². The fourth-order valence-corrected chi connectivity index (χ4v) is 4.44. The minimum atomic E-state index is -0.00659. The van der Waals surface area contributed by atoms with E-state index in [0.29, 0.717) is 49.1 Å². The van der Waals surface area contributed by atoms with Crippen LogP contribution in [0.15, 0.2) is 10.6 Å². The highest BCUT2D eigenvalue weighted by atomic mass is 16.5. The summed E-state index contributed by atoms with van der Waals surface area (Å²) in [5.74, 6) is 0.546. The maximum Gasteiger partial charge on any atom is 0.259 e. The normalized spacial score (nSPS) is 23.5. The highest BCUT2D eigenvalue weighted by molar-refractivity contribution is 6.06. The lowest BCUT2D eigenvalue weighted by Gasteiger charge is -2.41. The minimum absolute atomic E-state index is 0.00659. The van der Waals surface area contributed by atoms with Crippen molar-refractivity contribution in [2.45, 2.75) is 44.6 Å². The maximum atomic E-state index is 13.5. The monoisotopic (exact) mass is 383 g/mol. The Balaban J connectivity index is 1.44. The number of pyridine rings is 1. The topological polar surface area (TPSA) is 91.6 Å². The van der Waals surface area contributed by atoms with Gasteiger partial charge in [-0.25, -0.2) is 4.98 Å². The van der Waals surface area contributed by atoms with Gasteiger partial charge in [0.25, 0.3) is 11.6 Å². The Bertz CT molecular complexity index is 935. The molecule has 3 aliphatic rings. The Morgan fingerprint density at radius 2 is 2.14 bits per heavy atom. The molecule has 1 atom stereocenters. The minimum Gasteiger partial charge on any atom is -0.337 e. The Hall–Kier alpha value is -2.48. The molecule has 1 unspecified atom stereocenters. The van der Waals surface area contributed by atoms with E-state index in [1.807, 2.05) is 22.8 Å². The molecule has 8 nitrogen and oxygen atoms in total. The molecule has 2 aromatic rings. The number of fused-ring (bicyclic) bond motifs is 1. The predicted molar refractivity (Wildman–Crippen MR) is 102 cm³/mol. The van der Waals surface area contributed by atoms with Gasteiger partial charge >= 0.3 is 0 Å². The maximum absolute atomic E-state index is 13.5. The Kier molecular flexibility index (Phi) is 4.30. The van der Waals surface area contributed by atoms with E-state index >= 15 is 0 Å². The number of hydrogen-bond donors (Lipinski definition) is 1. The molecule has 28 heavy (non-hydrogen) atoms. The van der Waals surface area contributed by atoms with E-state index in [-0.39, 0.29) is 17.9 Å². The summed E-state index contributed by atoms with van der Waals surface area (Å²) in [4.78, 5) is 34.2. The first kappa shape index (κ1) is 17.6. The Morgan fingerprint density at radius 3 is 2.93 bits per heavy atom. The van der Waals surface area contributed by atoms with Gasteiger partial charge in [0.2, 0.25) is 5.91 Å². The summed E-state index contributed by atoms with van der Waals surface area (Å²) >= 11 is 0. The molecule has 2 aliphatic heterocycles. The van der Waals surface area contributed by atoms with Crippen LogP contribution in [0.5, 0.6) is 0 Å². The van der Waals surface area contributed by atoms with Gasteiger partial charge in [-0.2, -0.15) is 0 Å². The van der Waals surface area contributed by atoms with Crippen molar-refractivity contribution in [2.75, 3.05) is 32.7 Å². The Morgan fingerprint density at radius 1 is 1.29 bits per heavy atom. The molecule has 0 radical (unpaired) electrons. The van der Waals surface area contributed by atoms with E-state index in [2.05, 4.69) is 15.5 Å². The van der Waals surface area contributed by atoms with Crippen molar-refractivity contribution in [3.8, 4) is 0 Å². The second-order valence-corrected chi connectivity index (χ2v) is 8.13. The third-order valence-electron chi connectivity index (χ3n) is 6.11. The molecule has 3 fully saturated rings. The zero-order valence-corrected chi connectivity index (χ0v) is 16.1. The van der Waals surface area contributed by atoms with Gasteiger partial charge in [-0.15, -0.1) is 0 Å². The molecule has 5 rings (SSSR count). The van der Waals surface area contributed by atoms with Gasteiger partial charge in [0.1, 0.15) is 0 Å². The first-order valence-corrected chi connectivity index (χ1v) is 10.2. The van der Waals surface area contributed by atoms with E-state index in [4.69, 9.17) is 4.52 Å². The highest BCUT2D eigenvalue weighted by Crippen LogP contribution is 2.40. The van der Waals surface area contributed by atoms with E-state index in [0.717, 1.165) is 43.3 Å². The van der Waals surface area contributed by atoms with Gasteiger partial charge in [-0.05, 0) is 38.7 Å². The largest absolute Gasteiger partial charge is 0.337 e. The van der Waals surface area contributed by atoms with Crippen LogP contribution < -0.4 is 5.32 Å². The summed E-state index contributed by atoms with van der Waals surface area (Å²) in [6, 6.07) is 2.03. The molecule has 1 saturated carbocycles. The number of piperazine rings is 1. The lowest BCUT2D eigenvalue weighted by molar-refractivity contribution is -0.135. The summed E-state index contributed by atoms with van der Waals surface area (Å²) in [5, 5.41) is 7.87. The van der Waals surface area contributed by atoms with E-state index in [9.17, 15) is 9.59 Å². The van der Waals surface area contributed by atoms with Crippen molar-refractivity contribution in [3.05, 3.63) is 23.0 Å². The lowest BCUT2D eigenvalue weighted by Crippen LogP contribution is -2.57. The zero-order chi connectivity index (χ0) is 19.3. The molecule has 0 spiro atoms. The van der Waals surface area contributed by atoms with Crippen LogP contribution >= 0.6 is 0 Å². The van der Waals surface area contributed by atoms with E-state index < -0.39 is 0 Å². The number of piperidine rings is 1. The van der Waals surface area contributed by atoms with Crippen molar-refractivity contribution in [3.63, 3.8) is 0 Å². The van der Waals surface area contributed by atoms with Gasteiger partial charge in [-0.1, -0.05) is 5.16 Å². The molecular formula is C20H25N5O3. The standard InChI is InChI=1S/C20H25N5O3/c1-12-18-15(9-16(13-4-5-13)22-19(18)28-23-12)20(27)24-7-2-3-14(11-24)25-8-6-21-10-17(25)26/h9,13-14,21H,2-8,10-11H2,1H3. The van der Waals surface area contributed by atoms with Crippen molar-refractivity contribution in [1.82, 2.24) is 25.3 Å².